The molecule has 3 heterocycles. The van der Waals surface area contributed by atoms with Gasteiger partial charge in [-0.05, 0) is 120 Å². The highest BCUT2D eigenvalue weighted by molar-refractivity contribution is 6.39. The number of piperidine rings is 1. The SMILES string of the molecule is CO[C@H]1C[C@@H]2CC[C@@H](C)[C@@](O)(O2)C(=O)C(=O)N2CCCC[C@H]2C(=O)O[C@H]([C@H](C)C[C@H]2CC[C@@H](O)[C@H](OC)C2)CC(=O)[C@H](C)/C=C(/C)[C@@H](O)[C@@H](OC)C(=O)[C@H](C)C[C@H](C)/C=C/CCCC1C. The highest BCUT2D eigenvalue weighted by atomic mass is 16.6. The van der Waals surface area contributed by atoms with Gasteiger partial charge in [-0.2, -0.15) is 0 Å². The van der Waals surface area contributed by atoms with Crippen LogP contribution < -0.4 is 0 Å². The van der Waals surface area contributed by atoms with Crippen molar-refractivity contribution in [3.8, 4) is 0 Å². The predicted octanol–water partition coefficient (Wildman–Crippen LogP) is 6.48. The summed E-state index contributed by atoms with van der Waals surface area (Å²) in [6.07, 6.45) is 9.05. The Bertz CT molecular complexity index is 1650. The van der Waals surface area contributed by atoms with Gasteiger partial charge >= 0.3 is 5.97 Å². The first-order valence-electron chi connectivity index (χ1n) is 24.6. The van der Waals surface area contributed by atoms with Crippen molar-refractivity contribution in [1.82, 2.24) is 4.90 Å². The molecule has 65 heavy (non-hydrogen) atoms. The van der Waals surface area contributed by atoms with Crippen molar-refractivity contribution in [3.05, 3.63) is 23.8 Å². The number of cyclic esters (lactones) is 1. The number of methoxy groups -OCH3 is 3. The van der Waals surface area contributed by atoms with Crippen molar-refractivity contribution in [2.75, 3.05) is 27.9 Å². The van der Waals surface area contributed by atoms with Crippen LogP contribution >= 0.6 is 0 Å². The van der Waals surface area contributed by atoms with Gasteiger partial charge < -0.3 is 43.9 Å². The van der Waals surface area contributed by atoms with Crippen LogP contribution in [0.2, 0.25) is 0 Å². The fraction of sp³-hybridized carbons (Fsp3) is 0.824. The Labute approximate surface area is 388 Å². The van der Waals surface area contributed by atoms with Crippen molar-refractivity contribution in [3.63, 3.8) is 0 Å². The van der Waals surface area contributed by atoms with E-state index in [2.05, 4.69) is 26.0 Å². The standard InChI is InChI=1S/C51H83NO13/c1-30-16-12-11-13-17-31(2)42(61-8)28-38-21-19-36(7)51(60,65-38)48(57)49(58)52-23-15-14-18-39(52)50(59)64-43(33(4)26-37-20-22-40(53)44(27-37)62-9)29-41(54)32(3)25-35(6)46(56)47(63-10)45(55)34(5)24-30/h12,16,25,30-34,36-40,42-44,46-47,53,56,60H,11,13-15,17-24,26-29H2,1-10H3/b16-12+,35-25-/t30-,31?,32-,33-,34-,36-,37-,38+,39+,40-,42+,43+,44-,46-,47+,51-/m1/s1. The van der Waals surface area contributed by atoms with Crippen molar-refractivity contribution in [2.24, 2.45) is 41.4 Å². The molecule has 0 aromatic carbocycles. The molecule has 0 spiro atoms. The van der Waals surface area contributed by atoms with Gasteiger partial charge in [-0.15, -0.1) is 0 Å². The number of esters is 1. The summed E-state index contributed by atoms with van der Waals surface area (Å²) < 4.78 is 29.5. The minimum Gasteiger partial charge on any atom is -0.460 e. The molecule has 3 N–H and O–H groups in total. The van der Waals surface area contributed by atoms with Gasteiger partial charge in [0.05, 0.1) is 24.4 Å². The smallest absolute Gasteiger partial charge is 0.329 e. The van der Waals surface area contributed by atoms with Gasteiger partial charge in [0.15, 0.2) is 5.78 Å². The molecule has 3 aliphatic heterocycles. The van der Waals surface area contributed by atoms with Gasteiger partial charge in [0.2, 0.25) is 5.79 Å². The number of amides is 1. The summed E-state index contributed by atoms with van der Waals surface area (Å²) in [7, 11) is 4.60. The molecule has 1 aliphatic carbocycles. The number of aliphatic hydroxyl groups is 3. The zero-order valence-electron chi connectivity index (χ0n) is 41.1. The number of ketones is 3. The van der Waals surface area contributed by atoms with E-state index in [1.54, 1.807) is 41.1 Å². The van der Waals surface area contributed by atoms with E-state index >= 15 is 0 Å². The van der Waals surface area contributed by atoms with E-state index in [0.717, 1.165) is 25.7 Å². The monoisotopic (exact) mass is 918 g/mol. The van der Waals surface area contributed by atoms with Crippen LogP contribution in [0.25, 0.3) is 0 Å². The highest BCUT2D eigenvalue weighted by Gasteiger charge is 2.53. The molecule has 3 fully saturated rings. The lowest BCUT2D eigenvalue weighted by Gasteiger charge is -2.43. The third-order valence-electron chi connectivity index (χ3n) is 15.1. The Morgan fingerprint density at radius 2 is 1.55 bits per heavy atom. The molecule has 14 nitrogen and oxygen atoms in total. The zero-order chi connectivity index (χ0) is 48.2. The zero-order valence-corrected chi connectivity index (χ0v) is 41.1. The lowest BCUT2D eigenvalue weighted by molar-refractivity contribution is -0.267. The number of hydrogen-bond donors (Lipinski definition) is 3. The molecule has 1 amide bonds. The minimum absolute atomic E-state index is 0.0913. The second-order valence-corrected chi connectivity index (χ2v) is 20.3. The summed E-state index contributed by atoms with van der Waals surface area (Å²) >= 11 is 0. The van der Waals surface area contributed by atoms with Crippen LogP contribution in [0.3, 0.4) is 0 Å². The molecule has 1 saturated carbocycles. The maximum Gasteiger partial charge on any atom is 0.329 e. The number of ether oxygens (including phenoxy) is 5. The van der Waals surface area contributed by atoms with Crippen molar-refractivity contribution < 1.29 is 63.0 Å². The Hall–Kier alpha value is -2.85. The lowest BCUT2D eigenvalue weighted by atomic mass is 9.78. The van der Waals surface area contributed by atoms with E-state index in [1.165, 1.54) is 12.0 Å². The summed E-state index contributed by atoms with van der Waals surface area (Å²) in [6.45, 7) is 13.1. The largest absolute Gasteiger partial charge is 0.460 e. The third kappa shape index (κ3) is 14.6. The molecule has 370 valence electrons. The fourth-order valence-corrected chi connectivity index (χ4v) is 10.7. The molecule has 4 aliphatic rings. The minimum atomic E-state index is -2.39. The lowest BCUT2D eigenvalue weighted by Crippen LogP contribution is -2.61. The number of allylic oxidation sites excluding steroid dienone is 3. The molecule has 0 aromatic rings. The Morgan fingerprint density at radius 3 is 2.23 bits per heavy atom. The van der Waals surface area contributed by atoms with Gasteiger partial charge in [-0.25, -0.2) is 4.79 Å². The summed E-state index contributed by atoms with van der Waals surface area (Å²) in [5.41, 5.74) is 0.401. The molecule has 2 saturated heterocycles. The average Bonchev–Trinajstić information content (AvgIpc) is 3.28. The first kappa shape index (κ1) is 54.8. The van der Waals surface area contributed by atoms with E-state index in [4.69, 9.17) is 23.7 Å². The van der Waals surface area contributed by atoms with E-state index in [-0.39, 0.29) is 66.8 Å². The van der Waals surface area contributed by atoms with Crippen molar-refractivity contribution >= 4 is 29.2 Å². The number of Topliss-reactive ketones (excluding diaryl/α,β-unsaturated/α-hetero) is 3. The van der Waals surface area contributed by atoms with Crippen LogP contribution in [0.1, 0.15) is 145 Å². The molecule has 2 bridgehead atoms. The molecule has 4 rings (SSSR count). The van der Waals surface area contributed by atoms with Crippen LogP contribution in [-0.2, 0) is 47.7 Å². The average molecular weight is 918 g/mol. The predicted molar refractivity (Wildman–Crippen MR) is 245 cm³/mol. The van der Waals surface area contributed by atoms with Crippen LogP contribution in [0.15, 0.2) is 23.8 Å². The fourth-order valence-electron chi connectivity index (χ4n) is 10.7. The van der Waals surface area contributed by atoms with Gasteiger partial charge in [0, 0.05) is 58.5 Å². The normalized spacial score (nSPS) is 40.6. The summed E-state index contributed by atoms with van der Waals surface area (Å²) in [6, 6.07) is -1.13. The van der Waals surface area contributed by atoms with Crippen molar-refractivity contribution in [2.45, 2.75) is 199 Å². The number of nitrogens with zero attached hydrogens (tertiary/aromatic N) is 1. The highest BCUT2D eigenvalue weighted by Crippen LogP contribution is 2.38. The molecular weight excluding hydrogens is 835 g/mol. The van der Waals surface area contributed by atoms with E-state index in [1.807, 2.05) is 13.8 Å². The maximum absolute atomic E-state index is 14.4. The summed E-state index contributed by atoms with van der Waals surface area (Å²) in [4.78, 5) is 71.9. The first-order chi connectivity index (χ1) is 30.7. The first-order valence-corrected chi connectivity index (χ1v) is 24.6. The number of hydrogen-bond acceptors (Lipinski definition) is 13. The number of fused-ring (bicyclic) bond motifs is 3. The van der Waals surface area contributed by atoms with E-state index in [9.17, 15) is 39.3 Å². The number of carbonyl (C=O) groups is 5. The van der Waals surface area contributed by atoms with Crippen LogP contribution in [0.4, 0.5) is 0 Å². The Balaban J connectivity index is 1.67. The molecular formula is C51H83NO13. The van der Waals surface area contributed by atoms with Crippen LogP contribution in [0, 0.1) is 41.4 Å². The van der Waals surface area contributed by atoms with Gasteiger partial charge in [0.1, 0.15) is 30.1 Å². The molecule has 16 atom stereocenters. The Morgan fingerprint density at radius 1 is 0.846 bits per heavy atom. The Kier molecular flexibility index (Phi) is 21.5. The number of aliphatic hydroxyl groups excluding tert-OH is 2. The van der Waals surface area contributed by atoms with E-state index in [0.29, 0.717) is 63.4 Å². The molecule has 0 radical (unpaired) electrons. The second kappa shape index (κ2) is 25.5. The summed E-state index contributed by atoms with van der Waals surface area (Å²) in [5, 5.41) is 33.9. The quantitative estimate of drug-likeness (QED) is 0.149. The molecule has 1 unspecified atom stereocenters. The van der Waals surface area contributed by atoms with Crippen molar-refractivity contribution in [1.29, 1.82) is 0 Å². The molecule has 14 heteroatoms. The van der Waals surface area contributed by atoms with Crippen LogP contribution in [-0.4, -0.2) is 132 Å². The van der Waals surface area contributed by atoms with Gasteiger partial charge in [-0.3, -0.25) is 19.2 Å². The second-order valence-electron chi connectivity index (χ2n) is 20.3. The number of rotatable bonds is 6. The van der Waals surface area contributed by atoms with Gasteiger partial charge in [0.25, 0.3) is 11.7 Å². The third-order valence-corrected chi connectivity index (χ3v) is 15.1. The van der Waals surface area contributed by atoms with E-state index < -0.39 is 77.8 Å². The maximum atomic E-state index is 14.4. The topological polar surface area (TPSA) is 195 Å². The number of carbonyl (C=O) groups excluding carboxylic acids is 5. The van der Waals surface area contributed by atoms with Gasteiger partial charge in [-0.1, -0.05) is 59.8 Å². The molecule has 0 aromatic heterocycles. The van der Waals surface area contributed by atoms with Crippen LogP contribution in [0.5, 0.6) is 0 Å². The summed E-state index contributed by atoms with van der Waals surface area (Å²) in [5.74, 6) is -7.54.